The average molecular weight is 504 g/mol. The van der Waals surface area contributed by atoms with Gasteiger partial charge in [-0.2, -0.15) is 0 Å². The third kappa shape index (κ3) is 8.28. The highest BCUT2D eigenvalue weighted by molar-refractivity contribution is 7.92. The fourth-order valence-electron chi connectivity index (χ4n) is 3.70. The van der Waals surface area contributed by atoms with Gasteiger partial charge in [-0.3, -0.25) is 13.9 Å². The minimum absolute atomic E-state index is 0.143. The van der Waals surface area contributed by atoms with E-state index < -0.39 is 34.1 Å². The van der Waals surface area contributed by atoms with Crippen molar-refractivity contribution >= 4 is 27.5 Å². The van der Waals surface area contributed by atoms with Gasteiger partial charge in [0.15, 0.2) is 0 Å². The maximum Gasteiger partial charge on any atom is 0.244 e. The topological polar surface area (TPSA) is 96.0 Å². The van der Waals surface area contributed by atoms with Crippen LogP contribution < -0.4 is 14.4 Å². The van der Waals surface area contributed by atoms with Gasteiger partial charge in [-0.1, -0.05) is 31.2 Å². The van der Waals surface area contributed by atoms with Crippen LogP contribution in [-0.2, 0) is 26.2 Å². The number of carbonyl (C=O) groups excluding carboxylic acids is 2. The lowest BCUT2D eigenvalue weighted by Crippen LogP contribution is -2.55. The van der Waals surface area contributed by atoms with Crippen molar-refractivity contribution in [2.24, 2.45) is 0 Å². The molecule has 2 aromatic rings. The zero-order valence-electron chi connectivity index (χ0n) is 21.7. The summed E-state index contributed by atoms with van der Waals surface area (Å²) in [5, 5.41) is 2.95. The van der Waals surface area contributed by atoms with Gasteiger partial charge in [0.1, 0.15) is 18.3 Å². The lowest BCUT2D eigenvalue weighted by Gasteiger charge is -2.34. The van der Waals surface area contributed by atoms with E-state index in [2.05, 4.69) is 5.32 Å². The van der Waals surface area contributed by atoms with E-state index in [0.717, 1.165) is 21.7 Å². The van der Waals surface area contributed by atoms with Gasteiger partial charge >= 0.3 is 0 Å². The number of hydrogen-bond acceptors (Lipinski definition) is 5. The molecule has 2 rings (SSSR count). The molecule has 0 aromatic heterocycles. The number of carbonyl (C=O) groups is 2. The van der Waals surface area contributed by atoms with E-state index >= 15 is 0 Å². The van der Waals surface area contributed by atoms with Gasteiger partial charge < -0.3 is 15.0 Å². The number of hydrogen-bond donors (Lipinski definition) is 1. The van der Waals surface area contributed by atoms with Gasteiger partial charge in [0.05, 0.1) is 19.1 Å². The predicted octanol–water partition coefficient (Wildman–Crippen LogP) is 3.49. The molecular formula is C26H37N3O5S. The van der Waals surface area contributed by atoms with Crippen LogP contribution in [0.5, 0.6) is 5.75 Å². The predicted molar refractivity (Wildman–Crippen MR) is 139 cm³/mol. The first-order valence-electron chi connectivity index (χ1n) is 11.5. The largest absolute Gasteiger partial charge is 0.497 e. The molecule has 0 fully saturated rings. The number of methoxy groups -OCH3 is 1. The number of aryl methyl sites for hydroxylation is 1. The Morgan fingerprint density at radius 2 is 1.71 bits per heavy atom. The van der Waals surface area contributed by atoms with E-state index in [1.807, 2.05) is 52.8 Å². The van der Waals surface area contributed by atoms with E-state index in [4.69, 9.17) is 4.74 Å². The SMILES string of the molecule is CC[C@H](C(=O)NC(C)(C)C)N(Cc1ccc(OC)cc1)C(=O)CN(c1cccc(C)c1)S(C)(=O)=O. The van der Waals surface area contributed by atoms with Crippen LogP contribution in [0.3, 0.4) is 0 Å². The fraction of sp³-hybridized carbons (Fsp3) is 0.462. The van der Waals surface area contributed by atoms with Crippen molar-refractivity contribution in [2.45, 2.75) is 59.2 Å². The number of benzene rings is 2. The van der Waals surface area contributed by atoms with Crippen LogP contribution in [-0.4, -0.2) is 56.6 Å². The summed E-state index contributed by atoms with van der Waals surface area (Å²) < 4.78 is 31.6. The Bertz CT molecular complexity index is 1120. The van der Waals surface area contributed by atoms with Crippen molar-refractivity contribution in [1.82, 2.24) is 10.2 Å². The first-order chi connectivity index (χ1) is 16.2. The fourth-order valence-corrected chi connectivity index (χ4v) is 4.54. The molecule has 0 aliphatic rings. The van der Waals surface area contributed by atoms with E-state index in [0.29, 0.717) is 17.9 Å². The zero-order chi connectivity index (χ0) is 26.4. The lowest BCUT2D eigenvalue weighted by molar-refractivity contribution is -0.141. The number of amides is 2. The maximum absolute atomic E-state index is 13.7. The molecular weight excluding hydrogens is 466 g/mol. The summed E-state index contributed by atoms with van der Waals surface area (Å²) in [5.74, 6) is -0.0844. The van der Waals surface area contributed by atoms with Gasteiger partial charge in [0.25, 0.3) is 0 Å². The summed E-state index contributed by atoms with van der Waals surface area (Å²) in [4.78, 5) is 28.3. The van der Waals surface area contributed by atoms with Gasteiger partial charge in [-0.25, -0.2) is 8.42 Å². The molecule has 192 valence electrons. The molecule has 0 heterocycles. The molecule has 35 heavy (non-hydrogen) atoms. The smallest absolute Gasteiger partial charge is 0.244 e. The van der Waals surface area contributed by atoms with E-state index in [-0.39, 0.29) is 12.5 Å². The van der Waals surface area contributed by atoms with Gasteiger partial charge in [0.2, 0.25) is 21.8 Å². The van der Waals surface area contributed by atoms with Crippen molar-refractivity contribution < 1.29 is 22.7 Å². The summed E-state index contributed by atoms with van der Waals surface area (Å²) in [5.41, 5.74) is 1.58. The van der Waals surface area contributed by atoms with Crippen LogP contribution >= 0.6 is 0 Å². The van der Waals surface area contributed by atoms with Crippen LogP contribution in [0, 0.1) is 6.92 Å². The molecule has 0 spiro atoms. The van der Waals surface area contributed by atoms with Crippen LogP contribution in [0.25, 0.3) is 0 Å². The molecule has 0 unspecified atom stereocenters. The Kier molecular flexibility index (Phi) is 9.31. The Hall–Kier alpha value is -3.07. The minimum Gasteiger partial charge on any atom is -0.497 e. The number of sulfonamides is 1. The third-order valence-corrected chi connectivity index (χ3v) is 6.51. The van der Waals surface area contributed by atoms with E-state index in [9.17, 15) is 18.0 Å². The van der Waals surface area contributed by atoms with Crippen LogP contribution in [0.2, 0.25) is 0 Å². The van der Waals surface area contributed by atoms with Gasteiger partial charge in [-0.05, 0) is 69.5 Å². The van der Waals surface area contributed by atoms with Crippen molar-refractivity contribution in [3.05, 3.63) is 59.7 Å². The molecule has 0 bridgehead atoms. The number of nitrogens with zero attached hydrogens (tertiary/aromatic N) is 2. The molecule has 2 aromatic carbocycles. The Labute approximate surface area is 209 Å². The van der Waals surface area contributed by atoms with Gasteiger partial charge in [0, 0.05) is 12.1 Å². The first-order valence-corrected chi connectivity index (χ1v) is 13.4. The molecule has 0 saturated heterocycles. The highest BCUT2D eigenvalue weighted by Crippen LogP contribution is 2.21. The lowest BCUT2D eigenvalue weighted by atomic mass is 10.1. The summed E-state index contributed by atoms with van der Waals surface area (Å²) in [6, 6.07) is 13.4. The molecule has 1 N–H and O–H groups in total. The van der Waals surface area contributed by atoms with Crippen LogP contribution in [0.15, 0.2) is 48.5 Å². The molecule has 1 atom stereocenters. The molecule has 9 heteroatoms. The monoisotopic (exact) mass is 503 g/mol. The van der Waals surface area contributed by atoms with Crippen molar-refractivity contribution in [3.63, 3.8) is 0 Å². The Morgan fingerprint density at radius 3 is 2.20 bits per heavy atom. The molecule has 0 aliphatic carbocycles. The minimum atomic E-state index is -3.76. The average Bonchev–Trinajstić information content (AvgIpc) is 2.75. The normalized spacial score (nSPS) is 12.5. The maximum atomic E-state index is 13.7. The second-order valence-electron chi connectivity index (χ2n) is 9.64. The highest BCUT2D eigenvalue weighted by Gasteiger charge is 2.33. The second-order valence-corrected chi connectivity index (χ2v) is 11.5. The van der Waals surface area contributed by atoms with Gasteiger partial charge in [-0.15, -0.1) is 0 Å². The highest BCUT2D eigenvalue weighted by atomic mass is 32.2. The molecule has 2 amide bonds. The molecule has 0 aliphatic heterocycles. The second kappa shape index (κ2) is 11.6. The Morgan fingerprint density at radius 1 is 1.09 bits per heavy atom. The van der Waals surface area contributed by atoms with Crippen molar-refractivity contribution in [3.8, 4) is 5.75 Å². The van der Waals surface area contributed by atoms with Crippen LogP contribution in [0.4, 0.5) is 5.69 Å². The number of anilines is 1. The Balaban J connectivity index is 2.45. The zero-order valence-corrected chi connectivity index (χ0v) is 22.5. The molecule has 8 nitrogen and oxygen atoms in total. The van der Waals surface area contributed by atoms with E-state index in [1.54, 1.807) is 37.4 Å². The first kappa shape index (κ1) is 28.2. The number of rotatable bonds is 10. The summed E-state index contributed by atoms with van der Waals surface area (Å²) in [6.07, 6.45) is 1.44. The molecule has 0 saturated carbocycles. The quantitative estimate of drug-likeness (QED) is 0.535. The summed E-state index contributed by atoms with van der Waals surface area (Å²) >= 11 is 0. The van der Waals surface area contributed by atoms with Crippen molar-refractivity contribution in [1.29, 1.82) is 0 Å². The standard InChI is InChI=1S/C26H37N3O5S/c1-8-23(25(31)27-26(3,4)5)28(17-20-12-14-22(34-6)15-13-20)24(30)18-29(35(7,32)33)21-11-9-10-19(2)16-21/h9-16,23H,8,17-18H2,1-7H3,(H,27,31)/t23-/m1/s1. The molecule has 0 radical (unpaired) electrons. The summed E-state index contributed by atoms with van der Waals surface area (Å²) in [6.45, 7) is 9.02. The summed E-state index contributed by atoms with van der Waals surface area (Å²) in [7, 11) is -2.19. The van der Waals surface area contributed by atoms with Crippen LogP contribution in [0.1, 0.15) is 45.2 Å². The van der Waals surface area contributed by atoms with Crippen molar-refractivity contribution in [2.75, 3.05) is 24.2 Å². The third-order valence-electron chi connectivity index (χ3n) is 5.36. The number of nitrogens with one attached hydrogen (secondary N) is 1. The van der Waals surface area contributed by atoms with E-state index in [1.165, 1.54) is 4.90 Å². The number of ether oxygens (including phenoxy) is 1.